The molecule has 0 radical (unpaired) electrons. The summed E-state index contributed by atoms with van der Waals surface area (Å²) in [6.45, 7) is 4.33. The molecule has 0 saturated carbocycles. The lowest BCUT2D eigenvalue weighted by Gasteiger charge is -2.31. The Bertz CT molecular complexity index is 571. The molecule has 1 unspecified atom stereocenters. The lowest BCUT2D eigenvalue weighted by Crippen LogP contribution is -2.33. The van der Waals surface area contributed by atoms with Gasteiger partial charge in [0.05, 0.1) is 6.61 Å². The molecule has 0 aliphatic heterocycles. The van der Waals surface area contributed by atoms with Gasteiger partial charge in [-0.15, -0.1) is 35.6 Å². The van der Waals surface area contributed by atoms with E-state index in [1.54, 1.807) is 0 Å². The van der Waals surface area contributed by atoms with Crippen LogP contribution >= 0.6 is 35.6 Å². The van der Waals surface area contributed by atoms with Crippen molar-refractivity contribution in [2.75, 3.05) is 31.5 Å². The van der Waals surface area contributed by atoms with E-state index in [4.69, 9.17) is 27.9 Å². The second-order valence-corrected chi connectivity index (χ2v) is 6.38. The van der Waals surface area contributed by atoms with Crippen LogP contribution in [-0.2, 0) is 6.42 Å². The third-order valence-corrected chi connectivity index (χ3v) is 4.37. The Morgan fingerprint density at radius 1 is 0.920 bits per heavy atom. The number of nitrogens with zero attached hydrogens (tertiary/aromatic N) is 1. The average molecular weight is 403 g/mol. The van der Waals surface area contributed by atoms with Crippen LogP contribution < -0.4 is 4.74 Å². The van der Waals surface area contributed by atoms with Crippen molar-refractivity contribution in [3.05, 3.63) is 65.7 Å². The van der Waals surface area contributed by atoms with Crippen LogP contribution in [0.4, 0.5) is 0 Å². The highest BCUT2D eigenvalue weighted by atomic mass is 35.5. The van der Waals surface area contributed by atoms with E-state index in [0.29, 0.717) is 18.4 Å². The van der Waals surface area contributed by atoms with Crippen LogP contribution in [0.1, 0.15) is 24.1 Å². The van der Waals surface area contributed by atoms with E-state index in [1.807, 2.05) is 25.1 Å². The topological polar surface area (TPSA) is 12.5 Å². The largest absolute Gasteiger partial charge is 0.494 e. The van der Waals surface area contributed by atoms with Gasteiger partial charge in [0.15, 0.2) is 0 Å². The summed E-state index contributed by atoms with van der Waals surface area (Å²) in [5, 5.41) is 0. The number of hydrogen-bond donors (Lipinski definition) is 0. The van der Waals surface area contributed by atoms with Gasteiger partial charge in [-0.1, -0.05) is 42.5 Å². The maximum absolute atomic E-state index is 6.02. The molecule has 1 atom stereocenters. The summed E-state index contributed by atoms with van der Waals surface area (Å²) in [5.41, 5.74) is 2.57. The van der Waals surface area contributed by atoms with Gasteiger partial charge in [0.1, 0.15) is 5.75 Å². The van der Waals surface area contributed by atoms with Gasteiger partial charge in [0.25, 0.3) is 0 Å². The fraction of sp³-hybridized carbons (Fsp3) is 0.400. The SMILES string of the molecule is CCOc1ccc(CC(c2ccccc2)N(CCCl)CCCl)cc1.Cl. The highest BCUT2D eigenvalue weighted by Gasteiger charge is 2.20. The molecule has 5 heteroatoms. The fourth-order valence-electron chi connectivity index (χ4n) is 2.89. The first-order chi connectivity index (χ1) is 11.8. The van der Waals surface area contributed by atoms with Crippen molar-refractivity contribution < 1.29 is 4.74 Å². The number of hydrogen-bond acceptors (Lipinski definition) is 2. The average Bonchev–Trinajstić information content (AvgIpc) is 2.62. The zero-order chi connectivity index (χ0) is 17.2. The predicted molar refractivity (Wildman–Crippen MR) is 111 cm³/mol. The lowest BCUT2D eigenvalue weighted by atomic mass is 9.97. The Labute approximate surface area is 167 Å². The Morgan fingerprint density at radius 3 is 2.04 bits per heavy atom. The van der Waals surface area contributed by atoms with Gasteiger partial charge in [-0.05, 0) is 36.6 Å². The maximum Gasteiger partial charge on any atom is 0.119 e. The van der Waals surface area contributed by atoms with E-state index in [1.165, 1.54) is 11.1 Å². The van der Waals surface area contributed by atoms with Gasteiger partial charge in [0, 0.05) is 30.9 Å². The van der Waals surface area contributed by atoms with E-state index >= 15 is 0 Å². The van der Waals surface area contributed by atoms with Crippen molar-refractivity contribution in [3.63, 3.8) is 0 Å². The van der Waals surface area contributed by atoms with Gasteiger partial charge in [-0.25, -0.2) is 0 Å². The second-order valence-electron chi connectivity index (χ2n) is 5.62. The molecule has 0 heterocycles. The normalized spacial score (nSPS) is 11.8. The first kappa shape index (κ1) is 22.1. The molecule has 0 bridgehead atoms. The van der Waals surface area contributed by atoms with E-state index in [9.17, 15) is 0 Å². The van der Waals surface area contributed by atoms with Crippen molar-refractivity contribution in [1.29, 1.82) is 0 Å². The second kappa shape index (κ2) is 12.4. The van der Waals surface area contributed by atoms with Crippen molar-refractivity contribution >= 4 is 35.6 Å². The van der Waals surface area contributed by atoms with Crippen molar-refractivity contribution in [3.8, 4) is 5.75 Å². The molecule has 138 valence electrons. The predicted octanol–water partition coefficient (Wildman–Crippen LogP) is 5.57. The van der Waals surface area contributed by atoms with Gasteiger partial charge < -0.3 is 4.74 Å². The first-order valence-electron chi connectivity index (χ1n) is 8.41. The number of halogens is 3. The van der Waals surface area contributed by atoms with Crippen molar-refractivity contribution in [2.45, 2.75) is 19.4 Å². The van der Waals surface area contributed by atoms with E-state index in [-0.39, 0.29) is 18.4 Å². The molecule has 0 N–H and O–H groups in total. The molecule has 0 spiro atoms. The molecule has 0 aromatic heterocycles. The summed E-state index contributed by atoms with van der Waals surface area (Å²) in [6, 6.07) is 19.2. The molecule has 0 aliphatic rings. The first-order valence-corrected chi connectivity index (χ1v) is 9.48. The minimum Gasteiger partial charge on any atom is -0.494 e. The third-order valence-electron chi connectivity index (χ3n) is 4.03. The maximum atomic E-state index is 6.02. The van der Waals surface area contributed by atoms with Crippen molar-refractivity contribution in [2.24, 2.45) is 0 Å². The summed E-state index contributed by atoms with van der Waals surface area (Å²) in [7, 11) is 0. The Kier molecular flexibility index (Phi) is 11.0. The molecular formula is C20H26Cl3NO. The zero-order valence-electron chi connectivity index (χ0n) is 14.5. The van der Waals surface area contributed by atoms with Crippen LogP contribution in [0.5, 0.6) is 5.75 Å². The lowest BCUT2D eigenvalue weighted by molar-refractivity contribution is 0.220. The molecular weight excluding hydrogens is 377 g/mol. The van der Waals surface area contributed by atoms with E-state index < -0.39 is 0 Å². The van der Waals surface area contributed by atoms with Crippen LogP contribution in [-0.4, -0.2) is 36.4 Å². The van der Waals surface area contributed by atoms with E-state index in [0.717, 1.165) is 25.3 Å². The molecule has 0 amide bonds. The van der Waals surface area contributed by atoms with Crippen LogP contribution in [0.15, 0.2) is 54.6 Å². The molecule has 0 saturated heterocycles. The summed E-state index contributed by atoms with van der Waals surface area (Å²) < 4.78 is 5.53. The zero-order valence-corrected chi connectivity index (χ0v) is 16.9. The smallest absolute Gasteiger partial charge is 0.119 e. The molecule has 25 heavy (non-hydrogen) atoms. The third kappa shape index (κ3) is 7.07. The number of alkyl halides is 2. The summed E-state index contributed by atoms with van der Waals surface area (Å²) in [5.74, 6) is 2.11. The van der Waals surface area contributed by atoms with Gasteiger partial charge in [0.2, 0.25) is 0 Å². The molecule has 2 aromatic rings. The Hall–Kier alpha value is -0.930. The Morgan fingerprint density at radius 2 is 1.52 bits per heavy atom. The molecule has 2 rings (SSSR count). The molecule has 0 aliphatic carbocycles. The molecule has 0 fully saturated rings. The van der Waals surface area contributed by atoms with Crippen LogP contribution in [0.3, 0.4) is 0 Å². The minimum atomic E-state index is 0. The Balaban J connectivity index is 0.00000312. The van der Waals surface area contributed by atoms with Crippen LogP contribution in [0, 0.1) is 0 Å². The van der Waals surface area contributed by atoms with Crippen LogP contribution in [0.25, 0.3) is 0 Å². The van der Waals surface area contributed by atoms with Gasteiger partial charge >= 0.3 is 0 Å². The van der Waals surface area contributed by atoms with Crippen LogP contribution in [0.2, 0.25) is 0 Å². The summed E-state index contributed by atoms with van der Waals surface area (Å²) in [4.78, 5) is 2.37. The summed E-state index contributed by atoms with van der Waals surface area (Å²) >= 11 is 12.0. The quantitative estimate of drug-likeness (QED) is 0.482. The number of ether oxygens (including phenoxy) is 1. The number of rotatable bonds is 10. The monoisotopic (exact) mass is 401 g/mol. The van der Waals surface area contributed by atoms with Gasteiger partial charge in [-0.3, -0.25) is 4.90 Å². The highest BCUT2D eigenvalue weighted by molar-refractivity contribution is 6.18. The standard InChI is InChI=1S/C20H25Cl2NO.ClH/c1-2-24-19-10-8-17(9-11-19)16-20(18-6-4-3-5-7-18)23(14-12-21)15-13-22;/h3-11,20H,2,12-16H2,1H3;1H. The number of benzene rings is 2. The van der Waals surface area contributed by atoms with Crippen molar-refractivity contribution in [1.82, 2.24) is 4.90 Å². The summed E-state index contributed by atoms with van der Waals surface area (Å²) in [6.07, 6.45) is 0.921. The molecule has 2 nitrogen and oxygen atoms in total. The van der Waals surface area contributed by atoms with E-state index in [2.05, 4.69) is 41.3 Å². The molecule has 2 aromatic carbocycles. The highest BCUT2D eigenvalue weighted by Crippen LogP contribution is 2.26. The van der Waals surface area contributed by atoms with Gasteiger partial charge in [-0.2, -0.15) is 0 Å². The fourth-order valence-corrected chi connectivity index (χ4v) is 3.32. The minimum absolute atomic E-state index is 0.